The van der Waals surface area contributed by atoms with Crippen molar-refractivity contribution in [1.82, 2.24) is 10.2 Å². The molecule has 0 aliphatic heterocycles. The molecule has 3 heteroatoms. The largest absolute Gasteiger partial charge is 0.159 e. The number of nitrogens with zero attached hydrogens (tertiary/aromatic N) is 2. The molecule has 0 radical (unpaired) electrons. The van der Waals surface area contributed by atoms with Gasteiger partial charge in [0.25, 0.3) is 0 Å². The number of aromatic nitrogens is 2. The Morgan fingerprint density at radius 1 is 1.50 bits per heavy atom. The van der Waals surface area contributed by atoms with Crippen LogP contribution in [-0.2, 0) is 4.87 Å². The molecule has 0 bridgehead atoms. The van der Waals surface area contributed by atoms with Gasteiger partial charge < -0.3 is 0 Å². The van der Waals surface area contributed by atoms with Gasteiger partial charge in [0.1, 0.15) is 0 Å². The van der Waals surface area contributed by atoms with Crippen LogP contribution >= 0.6 is 11.6 Å². The Hall–Kier alpha value is -0.630. The van der Waals surface area contributed by atoms with Crippen molar-refractivity contribution in [3.8, 4) is 0 Å². The van der Waals surface area contributed by atoms with Crippen molar-refractivity contribution in [1.29, 1.82) is 0 Å². The molecule has 0 atom stereocenters. The second kappa shape index (κ2) is 1.92. The van der Waals surface area contributed by atoms with Crippen LogP contribution in [0, 0.1) is 0 Å². The first kappa shape index (κ1) is 6.10. The van der Waals surface area contributed by atoms with Gasteiger partial charge in [0.05, 0.1) is 10.6 Å². The molecule has 10 heavy (non-hydrogen) atoms. The van der Waals surface area contributed by atoms with Gasteiger partial charge in [-0.15, -0.1) is 11.6 Å². The van der Waals surface area contributed by atoms with Crippen LogP contribution in [0.3, 0.4) is 0 Å². The molecule has 0 spiro atoms. The van der Waals surface area contributed by atoms with Gasteiger partial charge in [-0.1, -0.05) is 0 Å². The van der Waals surface area contributed by atoms with Crippen LogP contribution in [0.15, 0.2) is 18.3 Å². The van der Waals surface area contributed by atoms with Gasteiger partial charge in [-0.2, -0.15) is 10.2 Å². The molecular weight excluding hydrogens is 148 g/mol. The molecule has 2 rings (SSSR count). The zero-order chi connectivity index (χ0) is 7.03. The molecule has 1 aliphatic carbocycles. The molecule has 52 valence electrons. The highest BCUT2D eigenvalue weighted by atomic mass is 35.5. The lowest BCUT2D eigenvalue weighted by Crippen LogP contribution is -1.99. The molecule has 2 nitrogen and oxygen atoms in total. The average Bonchev–Trinajstić information content (AvgIpc) is 2.72. The summed E-state index contributed by atoms with van der Waals surface area (Å²) in [6.07, 6.45) is 3.73. The van der Waals surface area contributed by atoms with Crippen LogP contribution in [0.5, 0.6) is 0 Å². The van der Waals surface area contributed by atoms with Gasteiger partial charge >= 0.3 is 0 Å². The highest BCUT2D eigenvalue weighted by Gasteiger charge is 2.43. The SMILES string of the molecule is ClC1(c2cccnn2)CC1. The fourth-order valence-electron chi connectivity index (χ4n) is 0.906. The monoisotopic (exact) mass is 154 g/mol. The third-order valence-corrected chi connectivity index (χ3v) is 2.29. The molecule has 1 aliphatic rings. The molecule has 0 aromatic carbocycles. The quantitative estimate of drug-likeness (QED) is 0.576. The maximum absolute atomic E-state index is 6.07. The molecule has 0 unspecified atom stereocenters. The Morgan fingerprint density at radius 3 is 2.80 bits per heavy atom. The Labute approximate surface area is 64.2 Å². The van der Waals surface area contributed by atoms with Gasteiger partial charge in [-0.25, -0.2) is 0 Å². The van der Waals surface area contributed by atoms with Gasteiger partial charge in [0, 0.05) is 6.20 Å². The third kappa shape index (κ3) is 0.886. The van der Waals surface area contributed by atoms with Crippen LogP contribution in [-0.4, -0.2) is 10.2 Å². The Kier molecular flexibility index (Phi) is 1.17. The fraction of sp³-hybridized carbons (Fsp3) is 0.429. The van der Waals surface area contributed by atoms with Crippen molar-refractivity contribution < 1.29 is 0 Å². The normalized spacial score (nSPS) is 20.5. The van der Waals surface area contributed by atoms with Crippen molar-refractivity contribution in [2.24, 2.45) is 0 Å². The summed E-state index contributed by atoms with van der Waals surface area (Å²) in [6, 6.07) is 3.79. The van der Waals surface area contributed by atoms with Crippen LogP contribution in [0.1, 0.15) is 18.5 Å². The molecule has 0 amide bonds. The molecule has 1 saturated carbocycles. The van der Waals surface area contributed by atoms with Gasteiger partial charge in [0.2, 0.25) is 0 Å². The summed E-state index contributed by atoms with van der Waals surface area (Å²) in [6.45, 7) is 0. The van der Waals surface area contributed by atoms with Crippen molar-refractivity contribution in [2.75, 3.05) is 0 Å². The first-order valence-corrected chi connectivity index (χ1v) is 3.66. The van der Waals surface area contributed by atoms with Gasteiger partial charge in [-0.05, 0) is 25.0 Å². The Bertz CT molecular complexity index is 231. The first-order valence-electron chi connectivity index (χ1n) is 3.28. The highest BCUT2D eigenvalue weighted by Crippen LogP contribution is 2.50. The zero-order valence-corrected chi connectivity index (χ0v) is 6.17. The average molecular weight is 155 g/mol. The van der Waals surface area contributed by atoms with Crippen LogP contribution < -0.4 is 0 Å². The number of hydrogen-bond acceptors (Lipinski definition) is 2. The molecule has 1 aromatic heterocycles. The second-order valence-electron chi connectivity index (χ2n) is 2.57. The maximum atomic E-state index is 6.07. The summed E-state index contributed by atoms with van der Waals surface area (Å²) < 4.78 is 0. The van der Waals surface area contributed by atoms with E-state index in [9.17, 15) is 0 Å². The standard InChI is InChI=1S/C7H7ClN2/c8-7(3-4-7)6-2-1-5-9-10-6/h1-2,5H,3-4H2. The van der Waals surface area contributed by atoms with Crippen molar-refractivity contribution in [2.45, 2.75) is 17.7 Å². The van der Waals surface area contributed by atoms with E-state index in [-0.39, 0.29) is 4.87 Å². The molecule has 1 fully saturated rings. The predicted molar refractivity (Wildman–Crippen MR) is 38.8 cm³/mol. The van der Waals surface area contributed by atoms with E-state index in [1.165, 1.54) is 0 Å². The molecular formula is C7H7ClN2. The summed E-state index contributed by atoms with van der Waals surface area (Å²) in [7, 11) is 0. The summed E-state index contributed by atoms with van der Waals surface area (Å²) >= 11 is 6.07. The molecule has 1 aromatic rings. The van der Waals surface area contributed by atoms with E-state index in [1.807, 2.05) is 12.1 Å². The van der Waals surface area contributed by atoms with E-state index in [1.54, 1.807) is 6.20 Å². The van der Waals surface area contributed by atoms with E-state index >= 15 is 0 Å². The van der Waals surface area contributed by atoms with Gasteiger partial charge in [-0.3, -0.25) is 0 Å². The summed E-state index contributed by atoms with van der Waals surface area (Å²) in [5, 5.41) is 7.69. The zero-order valence-electron chi connectivity index (χ0n) is 5.42. The number of rotatable bonds is 1. The fourth-order valence-corrected chi connectivity index (χ4v) is 1.10. The van der Waals surface area contributed by atoms with Crippen molar-refractivity contribution >= 4 is 11.6 Å². The van der Waals surface area contributed by atoms with E-state index < -0.39 is 0 Å². The van der Waals surface area contributed by atoms with E-state index in [0.29, 0.717) is 0 Å². The minimum absolute atomic E-state index is 0.158. The minimum Gasteiger partial charge on any atom is -0.159 e. The first-order chi connectivity index (χ1) is 4.81. The molecule has 1 heterocycles. The van der Waals surface area contributed by atoms with Crippen LogP contribution in [0.4, 0.5) is 0 Å². The van der Waals surface area contributed by atoms with Crippen molar-refractivity contribution in [3.05, 3.63) is 24.0 Å². The predicted octanol–water partition coefficient (Wildman–Crippen LogP) is 1.70. The smallest absolute Gasteiger partial charge is 0.0885 e. The number of alkyl halides is 1. The number of hydrogen-bond donors (Lipinski definition) is 0. The Morgan fingerprint density at radius 2 is 2.30 bits per heavy atom. The molecule has 0 saturated heterocycles. The maximum Gasteiger partial charge on any atom is 0.0885 e. The van der Waals surface area contributed by atoms with E-state index in [0.717, 1.165) is 18.5 Å². The summed E-state index contributed by atoms with van der Waals surface area (Å²) in [5.74, 6) is 0. The second-order valence-corrected chi connectivity index (χ2v) is 3.30. The van der Waals surface area contributed by atoms with E-state index in [4.69, 9.17) is 11.6 Å². The highest BCUT2D eigenvalue weighted by molar-refractivity contribution is 6.25. The van der Waals surface area contributed by atoms with Crippen molar-refractivity contribution in [3.63, 3.8) is 0 Å². The summed E-state index contributed by atoms with van der Waals surface area (Å²) in [4.78, 5) is -0.158. The molecule has 0 N–H and O–H groups in total. The Balaban J connectivity index is 2.35. The minimum atomic E-state index is -0.158. The third-order valence-electron chi connectivity index (χ3n) is 1.72. The van der Waals surface area contributed by atoms with Crippen LogP contribution in [0.2, 0.25) is 0 Å². The lowest BCUT2D eigenvalue weighted by Gasteiger charge is -2.00. The topological polar surface area (TPSA) is 25.8 Å². The number of halogens is 1. The van der Waals surface area contributed by atoms with Crippen LogP contribution in [0.25, 0.3) is 0 Å². The van der Waals surface area contributed by atoms with E-state index in [2.05, 4.69) is 10.2 Å². The lowest BCUT2D eigenvalue weighted by atomic mass is 10.3. The lowest BCUT2D eigenvalue weighted by molar-refractivity contribution is 0.862. The van der Waals surface area contributed by atoms with Gasteiger partial charge in [0.15, 0.2) is 0 Å². The summed E-state index contributed by atoms with van der Waals surface area (Å²) in [5.41, 5.74) is 0.914.